The molecule has 0 atom stereocenters. The number of aliphatic carboxylic acids is 2. The van der Waals surface area contributed by atoms with Gasteiger partial charge in [0, 0.05) is 37.4 Å². The second-order valence-electron chi connectivity index (χ2n) is 8.01. The fourth-order valence-corrected chi connectivity index (χ4v) is 3.76. The summed E-state index contributed by atoms with van der Waals surface area (Å²) in [5, 5.41) is 14.2. The lowest BCUT2D eigenvalue weighted by Crippen LogP contribution is -2.61. The highest BCUT2D eigenvalue weighted by atomic mass is 19.4. The number of carbonyl (C=O) groups is 2. The zero-order valence-corrected chi connectivity index (χ0v) is 19.3. The molecule has 2 saturated heterocycles. The van der Waals surface area contributed by atoms with E-state index in [0.29, 0.717) is 5.54 Å². The van der Waals surface area contributed by atoms with E-state index in [0.717, 1.165) is 51.6 Å². The molecule has 14 heteroatoms. The third-order valence-electron chi connectivity index (χ3n) is 5.53. The number of aromatic nitrogens is 1. The molecule has 0 aliphatic carbocycles. The molecule has 0 aromatic carbocycles. The molecule has 1 aromatic heterocycles. The van der Waals surface area contributed by atoms with Gasteiger partial charge in [-0.05, 0) is 38.4 Å². The molecule has 0 saturated carbocycles. The smallest absolute Gasteiger partial charge is 0.475 e. The second-order valence-corrected chi connectivity index (χ2v) is 8.01. The molecule has 2 aliphatic heterocycles. The van der Waals surface area contributed by atoms with Crippen molar-refractivity contribution in [2.75, 3.05) is 39.4 Å². The highest BCUT2D eigenvalue weighted by Gasteiger charge is 2.41. The van der Waals surface area contributed by atoms with Crippen LogP contribution in [0.5, 0.6) is 0 Å². The molecule has 200 valence electrons. The van der Waals surface area contributed by atoms with Crippen LogP contribution in [0.1, 0.15) is 31.2 Å². The van der Waals surface area contributed by atoms with Crippen LogP contribution in [0, 0.1) is 6.92 Å². The highest BCUT2D eigenvalue weighted by molar-refractivity contribution is 5.73. The van der Waals surface area contributed by atoms with E-state index >= 15 is 0 Å². The lowest BCUT2D eigenvalue weighted by molar-refractivity contribution is -0.193. The number of likely N-dealkylation sites (tertiary alicyclic amines) is 1. The van der Waals surface area contributed by atoms with E-state index in [1.165, 1.54) is 18.5 Å². The maximum Gasteiger partial charge on any atom is 0.490 e. The van der Waals surface area contributed by atoms with E-state index in [1.807, 2.05) is 0 Å². The summed E-state index contributed by atoms with van der Waals surface area (Å²) in [7, 11) is 0. The average molecular weight is 517 g/mol. The molecule has 0 radical (unpaired) electrons. The molecule has 8 nitrogen and oxygen atoms in total. The molecular formula is C21H29F6N3O5. The van der Waals surface area contributed by atoms with Crippen molar-refractivity contribution in [2.24, 2.45) is 0 Å². The number of likely N-dealkylation sites (N-methyl/N-ethyl adjacent to an activating group) is 1. The molecule has 0 unspecified atom stereocenters. The summed E-state index contributed by atoms with van der Waals surface area (Å²) in [5.41, 5.74) is 2.60. The van der Waals surface area contributed by atoms with Gasteiger partial charge >= 0.3 is 24.3 Å². The summed E-state index contributed by atoms with van der Waals surface area (Å²) >= 11 is 0. The van der Waals surface area contributed by atoms with Crippen molar-refractivity contribution in [3.05, 3.63) is 29.6 Å². The first-order chi connectivity index (χ1) is 16.1. The van der Waals surface area contributed by atoms with Crippen LogP contribution in [0.3, 0.4) is 0 Å². The monoisotopic (exact) mass is 517 g/mol. The lowest BCUT2D eigenvalue weighted by atomic mass is 9.85. The van der Waals surface area contributed by atoms with Crippen molar-refractivity contribution in [1.82, 2.24) is 14.8 Å². The van der Waals surface area contributed by atoms with Gasteiger partial charge in [-0.15, -0.1) is 0 Å². The van der Waals surface area contributed by atoms with Crippen LogP contribution in [0.25, 0.3) is 0 Å². The number of carboxylic acid groups (broad SMARTS) is 2. The van der Waals surface area contributed by atoms with Gasteiger partial charge in [-0.25, -0.2) is 9.59 Å². The minimum atomic E-state index is -5.08. The Morgan fingerprint density at radius 3 is 1.97 bits per heavy atom. The number of nitrogens with zero attached hydrogens (tertiary/aromatic N) is 3. The van der Waals surface area contributed by atoms with Crippen LogP contribution < -0.4 is 0 Å². The van der Waals surface area contributed by atoms with Crippen molar-refractivity contribution >= 4 is 11.9 Å². The largest absolute Gasteiger partial charge is 0.490 e. The van der Waals surface area contributed by atoms with Crippen LogP contribution in [0.2, 0.25) is 0 Å². The third kappa shape index (κ3) is 10.4. The van der Waals surface area contributed by atoms with Crippen LogP contribution in [0.15, 0.2) is 18.2 Å². The average Bonchev–Trinajstić information content (AvgIpc) is 2.75. The van der Waals surface area contributed by atoms with E-state index < -0.39 is 24.3 Å². The summed E-state index contributed by atoms with van der Waals surface area (Å²) in [6.07, 6.45) is -7.74. The fourth-order valence-electron chi connectivity index (χ4n) is 3.76. The van der Waals surface area contributed by atoms with Crippen LogP contribution in [-0.4, -0.2) is 94.2 Å². The Morgan fingerprint density at radius 2 is 1.54 bits per heavy atom. The third-order valence-corrected chi connectivity index (χ3v) is 5.53. The number of morpholine rings is 1. The summed E-state index contributed by atoms with van der Waals surface area (Å²) < 4.78 is 69.3. The number of halogens is 6. The van der Waals surface area contributed by atoms with Crippen LogP contribution in [-0.2, 0) is 20.9 Å². The maximum atomic E-state index is 10.6. The van der Waals surface area contributed by atoms with E-state index in [-0.39, 0.29) is 0 Å². The topological polar surface area (TPSA) is 103 Å². The lowest BCUT2D eigenvalue weighted by Gasteiger charge is -2.50. The van der Waals surface area contributed by atoms with E-state index in [4.69, 9.17) is 24.5 Å². The number of aryl methyl sites for hydroxylation is 1. The van der Waals surface area contributed by atoms with Crippen molar-refractivity contribution in [3.63, 3.8) is 0 Å². The molecule has 2 fully saturated rings. The standard InChI is InChI=1S/C17H27N3O.2C2HF3O2/c1-3-20-11-12-21-14-17(20)7-9-19(10-8-17)13-16-6-4-5-15(2)18-16;2*3-2(4,5)1(6)7/h4-6H,3,7-14H2,1-2H3;2*(H,6,7). The number of alkyl halides is 6. The number of rotatable bonds is 3. The maximum absolute atomic E-state index is 10.6. The quantitative estimate of drug-likeness (QED) is 0.589. The summed E-state index contributed by atoms with van der Waals surface area (Å²) in [4.78, 5) is 27.6. The molecule has 0 amide bonds. The first-order valence-corrected chi connectivity index (χ1v) is 10.7. The molecule has 35 heavy (non-hydrogen) atoms. The molecule has 2 aliphatic rings. The van der Waals surface area contributed by atoms with E-state index in [2.05, 4.69) is 46.8 Å². The van der Waals surface area contributed by atoms with Crippen LogP contribution in [0.4, 0.5) is 26.3 Å². The summed E-state index contributed by atoms with van der Waals surface area (Å²) in [5.74, 6) is -5.51. The number of ether oxygens (including phenoxy) is 1. The summed E-state index contributed by atoms with van der Waals surface area (Å²) in [6, 6.07) is 6.31. The molecule has 1 spiro atoms. The number of pyridine rings is 1. The zero-order valence-electron chi connectivity index (χ0n) is 19.3. The Morgan fingerprint density at radius 1 is 1.03 bits per heavy atom. The Labute approximate surface area is 198 Å². The molecule has 1 aromatic rings. The Balaban J connectivity index is 0.000000362. The van der Waals surface area contributed by atoms with Gasteiger partial charge in [0.1, 0.15) is 0 Å². The van der Waals surface area contributed by atoms with Gasteiger partial charge in [0.05, 0.1) is 18.9 Å². The highest BCUT2D eigenvalue weighted by Crippen LogP contribution is 2.32. The molecule has 3 heterocycles. The van der Waals surface area contributed by atoms with Gasteiger partial charge < -0.3 is 14.9 Å². The molecular weight excluding hydrogens is 488 g/mol. The van der Waals surface area contributed by atoms with Crippen molar-refractivity contribution in [3.8, 4) is 0 Å². The number of hydrogen-bond donors (Lipinski definition) is 2. The molecule has 0 bridgehead atoms. The Kier molecular flexibility index (Phi) is 11.4. The normalized spacial score (nSPS) is 18.6. The molecule has 3 rings (SSSR count). The number of hydrogen-bond acceptors (Lipinski definition) is 6. The Bertz CT molecular complexity index is 802. The first kappa shape index (κ1) is 30.6. The van der Waals surface area contributed by atoms with Crippen LogP contribution >= 0.6 is 0 Å². The van der Waals surface area contributed by atoms with Gasteiger partial charge in [-0.1, -0.05) is 13.0 Å². The van der Waals surface area contributed by atoms with Gasteiger partial charge in [-0.3, -0.25) is 14.8 Å². The predicted molar refractivity (Wildman–Crippen MR) is 112 cm³/mol. The number of piperidine rings is 1. The molecule has 2 N–H and O–H groups in total. The van der Waals surface area contributed by atoms with Crippen molar-refractivity contribution in [1.29, 1.82) is 0 Å². The predicted octanol–water partition coefficient (Wildman–Crippen LogP) is 3.34. The van der Waals surface area contributed by atoms with Gasteiger partial charge in [0.2, 0.25) is 0 Å². The minimum absolute atomic E-state index is 0.295. The van der Waals surface area contributed by atoms with E-state index in [1.54, 1.807) is 0 Å². The second kappa shape index (κ2) is 13.0. The Hall–Kier alpha value is -2.45. The van der Waals surface area contributed by atoms with Gasteiger partial charge in [0.25, 0.3) is 0 Å². The van der Waals surface area contributed by atoms with Crippen molar-refractivity contribution in [2.45, 2.75) is 51.1 Å². The fraction of sp³-hybridized carbons (Fsp3) is 0.667. The van der Waals surface area contributed by atoms with Crippen molar-refractivity contribution < 1.29 is 50.9 Å². The summed E-state index contributed by atoms with van der Waals surface area (Å²) in [6.45, 7) is 11.7. The number of carboxylic acids is 2. The SMILES string of the molecule is CCN1CCOCC12CCN(Cc1cccc(C)n1)CC2.O=C(O)C(F)(F)F.O=C(O)C(F)(F)F. The minimum Gasteiger partial charge on any atom is -0.475 e. The van der Waals surface area contributed by atoms with Gasteiger partial charge in [0.15, 0.2) is 0 Å². The first-order valence-electron chi connectivity index (χ1n) is 10.7. The van der Waals surface area contributed by atoms with E-state index in [9.17, 15) is 26.3 Å². The van der Waals surface area contributed by atoms with Gasteiger partial charge in [-0.2, -0.15) is 26.3 Å². The zero-order chi connectivity index (χ0) is 26.9.